The van der Waals surface area contributed by atoms with Crippen molar-refractivity contribution in [2.24, 2.45) is 11.8 Å². The van der Waals surface area contributed by atoms with Crippen LogP contribution in [0.3, 0.4) is 0 Å². The van der Waals surface area contributed by atoms with E-state index in [1.807, 2.05) is 34.0 Å². The summed E-state index contributed by atoms with van der Waals surface area (Å²) in [6.45, 7) is 6.02. The molecule has 1 fully saturated rings. The Bertz CT molecular complexity index is 801. The molecule has 1 aliphatic carbocycles. The Kier molecular flexibility index (Phi) is 4.20. The van der Waals surface area contributed by atoms with Crippen molar-refractivity contribution in [1.29, 1.82) is 0 Å². The van der Waals surface area contributed by atoms with E-state index in [9.17, 15) is 4.79 Å². The van der Waals surface area contributed by atoms with E-state index in [0.29, 0.717) is 12.5 Å². The second-order valence-corrected chi connectivity index (χ2v) is 7.60. The first-order chi connectivity index (χ1) is 12.1. The van der Waals surface area contributed by atoms with Crippen LogP contribution in [0.5, 0.6) is 0 Å². The lowest BCUT2D eigenvalue weighted by molar-refractivity contribution is 0.0720. The molecule has 1 saturated carbocycles. The summed E-state index contributed by atoms with van der Waals surface area (Å²) in [6, 6.07) is 8.12. The highest BCUT2D eigenvalue weighted by Gasteiger charge is 2.28. The quantitative estimate of drug-likeness (QED) is 0.775. The minimum atomic E-state index is 0.107. The van der Waals surface area contributed by atoms with E-state index < -0.39 is 0 Å². The smallest absolute Gasteiger partial charge is 0.254 e. The van der Waals surface area contributed by atoms with Crippen LogP contribution in [0.15, 0.2) is 48.8 Å². The van der Waals surface area contributed by atoms with E-state index in [1.165, 1.54) is 12.8 Å². The van der Waals surface area contributed by atoms with Gasteiger partial charge in [0.2, 0.25) is 0 Å². The van der Waals surface area contributed by atoms with Crippen molar-refractivity contribution in [3.8, 4) is 11.1 Å². The van der Waals surface area contributed by atoms with Crippen LogP contribution in [0.25, 0.3) is 11.1 Å². The molecule has 25 heavy (non-hydrogen) atoms. The first kappa shape index (κ1) is 16.1. The molecule has 130 valence electrons. The topological polar surface area (TPSA) is 38.1 Å². The van der Waals surface area contributed by atoms with Gasteiger partial charge in [-0.25, -0.2) is 0 Å². The zero-order valence-electron chi connectivity index (χ0n) is 14.9. The van der Waals surface area contributed by atoms with Gasteiger partial charge in [-0.15, -0.1) is 0 Å². The van der Waals surface area contributed by atoms with Crippen LogP contribution in [0, 0.1) is 11.8 Å². The standard InChI is InChI=1S/C21H25N3O/c1-15(2)20-7-4-10-24(20)21(25)18-6-3-5-17(11-18)19-12-22-23(14-19)13-16-8-9-16/h3-7,11-12,14-16,20H,8-10,13H2,1-2H3/t20-/m0/s1. The van der Waals surface area contributed by atoms with E-state index >= 15 is 0 Å². The van der Waals surface area contributed by atoms with Crippen molar-refractivity contribution in [3.63, 3.8) is 0 Å². The molecule has 4 heteroatoms. The summed E-state index contributed by atoms with van der Waals surface area (Å²) < 4.78 is 2.03. The average Bonchev–Trinajstić information content (AvgIpc) is 3.11. The summed E-state index contributed by atoms with van der Waals surface area (Å²) in [5.74, 6) is 1.33. The maximum absolute atomic E-state index is 13.0. The maximum Gasteiger partial charge on any atom is 0.254 e. The van der Waals surface area contributed by atoms with Crippen molar-refractivity contribution in [2.75, 3.05) is 6.54 Å². The summed E-state index contributed by atoms with van der Waals surface area (Å²) >= 11 is 0. The molecule has 2 aliphatic rings. The van der Waals surface area contributed by atoms with Crippen molar-refractivity contribution in [1.82, 2.24) is 14.7 Å². The van der Waals surface area contributed by atoms with Gasteiger partial charge in [-0.1, -0.05) is 38.1 Å². The molecule has 4 nitrogen and oxygen atoms in total. The fraction of sp³-hybridized carbons (Fsp3) is 0.429. The van der Waals surface area contributed by atoms with E-state index in [0.717, 1.165) is 29.2 Å². The number of hydrogen-bond acceptors (Lipinski definition) is 2. The number of rotatable bonds is 5. The third kappa shape index (κ3) is 3.39. The third-order valence-electron chi connectivity index (χ3n) is 5.16. The molecule has 1 amide bonds. The molecule has 2 aromatic rings. The van der Waals surface area contributed by atoms with Crippen LogP contribution < -0.4 is 0 Å². The largest absolute Gasteiger partial charge is 0.328 e. The monoisotopic (exact) mass is 335 g/mol. The van der Waals surface area contributed by atoms with Gasteiger partial charge in [-0.2, -0.15) is 5.10 Å². The Balaban J connectivity index is 1.54. The van der Waals surface area contributed by atoms with Gasteiger partial charge in [0.25, 0.3) is 5.91 Å². The summed E-state index contributed by atoms with van der Waals surface area (Å²) in [5, 5.41) is 4.47. The van der Waals surface area contributed by atoms with E-state index in [-0.39, 0.29) is 11.9 Å². The van der Waals surface area contributed by atoms with Gasteiger partial charge >= 0.3 is 0 Å². The lowest BCUT2D eigenvalue weighted by Gasteiger charge is -2.27. The van der Waals surface area contributed by atoms with Gasteiger partial charge < -0.3 is 4.90 Å². The predicted octanol–water partition coefficient (Wildman–Crippen LogP) is 4.00. The molecule has 4 rings (SSSR count). The van der Waals surface area contributed by atoms with Gasteiger partial charge in [-0.05, 0) is 42.4 Å². The Labute approximate surface area is 149 Å². The summed E-state index contributed by atoms with van der Waals surface area (Å²) in [4.78, 5) is 14.9. The Morgan fingerprint density at radius 2 is 2.12 bits per heavy atom. The van der Waals surface area contributed by atoms with Gasteiger partial charge in [-0.3, -0.25) is 9.48 Å². The minimum absolute atomic E-state index is 0.107. The number of nitrogens with zero attached hydrogens (tertiary/aromatic N) is 3. The van der Waals surface area contributed by atoms with Crippen LogP contribution in [0.2, 0.25) is 0 Å². The number of carbonyl (C=O) groups is 1. The molecule has 1 aromatic carbocycles. The van der Waals surface area contributed by atoms with E-state index in [1.54, 1.807) is 0 Å². The number of hydrogen-bond donors (Lipinski definition) is 0. The molecule has 2 heterocycles. The van der Waals surface area contributed by atoms with E-state index in [4.69, 9.17) is 0 Å². The van der Waals surface area contributed by atoms with Gasteiger partial charge in [0.15, 0.2) is 0 Å². The van der Waals surface area contributed by atoms with Crippen molar-refractivity contribution in [2.45, 2.75) is 39.3 Å². The molecule has 0 saturated heterocycles. The number of aromatic nitrogens is 2. The Morgan fingerprint density at radius 1 is 1.28 bits per heavy atom. The lowest BCUT2D eigenvalue weighted by atomic mass is 10.0. The zero-order valence-corrected chi connectivity index (χ0v) is 14.9. The Morgan fingerprint density at radius 3 is 2.88 bits per heavy atom. The zero-order chi connectivity index (χ0) is 17.4. The summed E-state index contributed by atoms with van der Waals surface area (Å²) in [7, 11) is 0. The Hall–Kier alpha value is -2.36. The van der Waals surface area contributed by atoms with Gasteiger partial charge in [0.05, 0.1) is 12.2 Å². The van der Waals surface area contributed by atoms with Gasteiger partial charge in [0, 0.05) is 30.4 Å². The molecule has 1 atom stereocenters. The minimum Gasteiger partial charge on any atom is -0.328 e. The second-order valence-electron chi connectivity index (χ2n) is 7.60. The van der Waals surface area contributed by atoms with Crippen LogP contribution >= 0.6 is 0 Å². The first-order valence-electron chi connectivity index (χ1n) is 9.22. The molecule has 1 aromatic heterocycles. The normalized spacial score (nSPS) is 19.8. The number of benzene rings is 1. The molecule has 0 N–H and O–H groups in total. The maximum atomic E-state index is 13.0. The molecular formula is C21H25N3O. The highest BCUT2D eigenvalue weighted by molar-refractivity contribution is 5.96. The average molecular weight is 335 g/mol. The molecule has 0 unspecified atom stereocenters. The summed E-state index contributed by atoms with van der Waals surface area (Å²) in [6.07, 6.45) is 10.9. The van der Waals surface area contributed by atoms with Gasteiger partial charge in [0.1, 0.15) is 0 Å². The fourth-order valence-corrected chi connectivity index (χ4v) is 3.51. The summed E-state index contributed by atoms with van der Waals surface area (Å²) in [5.41, 5.74) is 2.89. The first-order valence-corrected chi connectivity index (χ1v) is 9.22. The number of carbonyl (C=O) groups excluding carboxylic acids is 1. The highest BCUT2D eigenvalue weighted by Crippen LogP contribution is 2.31. The molecule has 0 spiro atoms. The molecule has 0 bridgehead atoms. The number of amides is 1. The van der Waals surface area contributed by atoms with Crippen molar-refractivity contribution in [3.05, 3.63) is 54.4 Å². The third-order valence-corrected chi connectivity index (χ3v) is 5.16. The second kappa shape index (κ2) is 6.51. The lowest BCUT2D eigenvalue weighted by Crippen LogP contribution is -2.39. The van der Waals surface area contributed by atoms with E-state index in [2.05, 4.69) is 43.4 Å². The molecule has 0 radical (unpaired) electrons. The fourth-order valence-electron chi connectivity index (χ4n) is 3.51. The van der Waals surface area contributed by atoms with Crippen LogP contribution in [-0.4, -0.2) is 33.2 Å². The predicted molar refractivity (Wildman–Crippen MR) is 99.2 cm³/mol. The van der Waals surface area contributed by atoms with Crippen LogP contribution in [0.1, 0.15) is 37.0 Å². The van der Waals surface area contributed by atoms with Crippen LogP contribution in [0.4, 0.5) is 0 Å². The highest BCUT2D eigenvalue weighted by atomic mass is 16.2. The van der Waals surface area contributed by atoms with Crippen LogP contribution in [-0.2, 0) is 6.54 Å². The van der Waals surface area contributed by atoms with Crippen molar-refractivity contribution < 1.29 is 4.79 Å². The molecule has 1 aliphatic heterocycles. The SMILES string of the molecule is CC(C)[C@@H]1C=CCN1C(=O)c1cccc(-c2cnn(CC3CC3)c2)c1. The molecular weight excluding hydrogens is 310 g/mol. The van der Waals surface area contributed by atoms with Crippen molar-refractivity contribution >= 4 is 5.91 Å².